The summed E-state index contributed by atoms with van der Waals surface area (Å²) < 4.78 is 14.0. The summed E-state index contributed by atoms with van der Waals surface area (Å²) in [4.78, 5) is 6.46. The van der Waals surface area contributed by atoms with Gasteiger partial charge in [0.2, 0.25) is 0 Å². The van der Waals surface area contributed by atoms with Crippen LogP contribution in [0.25, 0.3) is 10.6 Å². The van der Waals surface area contributed by atoms with Gasteiger partial charge in [0.25, 0.3) is 0 Å². The van der Waals surface area contributed by atoms with Gasteiger partial charge in [-0.3, -0.25) is 4.90 Å². The van der Waals surface area contributed by atoms with Gasteiger partial charge in [-0.05, 0) is 37.2 Å². The summed E-state index contributed by atoms with van der Waals surface area (Å²) in [5.74, 6) is -0.246. The molecule has 1 aliphatic rings. The number of nitrogens with zero attached hydrogens (tertiary/aromatic N) is 2. The van der Waals surface area contributed by atoms with Gasteiger partial charge >= 0.3 is 0 Å². The molecule has 1 fully saturated rings. The molecule has 2 aromatic rings. The molecule has 0 bridgehead atoms. The zero-order valence-corrected chi connectivity index (χ0v) is 14.8. The summed E-state index contributed by atoms with van der Waals surface area (Å²) in [6, 6.07) is 5.12. The molecule has 3 rings (SSSR count). The third-order valence-electron chi connectivity index (χ3n) is 4.04. The van der Waals surface area contributed by atoms with E-state index < -0.39 is 0 Å². The Balaban J connectivity index is 0.00000192. The van der Waals surface area contributed by atoms with Crippen LogP contribution < -0.4 is 5.32 Å². The molecule has 126 valence electrons. The van der Waals surface area contributed by atoms with Crippen molar-refractivity contribution in [3.8, 4) is 10.6 Å². The third-order valence-corrected chi connectivity index (χ3v) is 4.86. The Labute approximate surface area is 146 Å². The lowest BCUT2D eigenvalue weighted by molar-refractivity contribution is 0.173. The van der Waals surface area contributed by atoms with Crippen LogP contribution in [0.3, 0.4) is 0 Å². The van der Waals surface area contributed by atoms with Crippen LogP contribution in [0.4, 0.5) is 4.39 Å². The number of aromatic nitrogens is 1. The minimum Gasteiger partial charge on any atom is -0.392 e. The fourth-order valence-electron chi connectivity index (χ4n) is 2.90. The zero-order chi connectivity index (χ0) is 15.5. The normalized spacial score (nSPS) is 19.5. The second-order valence-electron chi connectivity index (χ2n) is 5.65. The van der Waals surface area contributed by atoms with E-state index in [0.29, 0.717) is 6.54 Å². The lowest BCUT2D eigenvalue weighted by atomic mass is 10.0. The molecule has 2 atom stereocenters. The zero-order valence-electron chi connectivity index (χ0n) is 13.0. The maximum Gasteiger partial charge on any atom is 0.124 e. The van der Waals surface area contributed by atoms with Crippen LogP contribution in [0.5, 0.6) is 0 Å². The molecule has 4 nitrogen and oxygen atoms in total. The van der Waals surface area contributed by atoms with Gasteiger partial charge in [0, 0.05) is 42.8 Å². The van der Waals surface area contributed by atoms with E-state index in [1.807, 2.05) is 18.5 Å². The Morgan fingerprint density at radius 1 is 1.48 bits per heavy atom. The fraction of sp³-hybridized carbons (Fsp3) is 0.438. The number of likely N-dealkylation sites (tertiary alicyclic amines) is 1. The maximum atomic E-state index is 14.0. The summed E-state index contributed by atoms with van der Waals surface area (Å²) >= 11 is 1.50. The summed E-state index contributed by atoms with van der Waals surface area (Å²) in [6.07, 6.45) is 2.30. The number of hydrogen-bond acceptors (Lipinski definition) is 5. The van der Waals surface area contributed by atoms with Gasteiger partial charge in [0.15, 0.2) is 0 Å². The van der Waals surface area contributed by atoms with Crippen LogP contribution in [0.15, 0.2) is 29.8 Å². The van der Waals surface area contributed by atoms with Crippen LogP contribution in [-0.2, 0) is 0 Å². The minimum atomic E-state index is -0.246. The number of likely N-dealkylation sites (N-methyl/N-ethyl adjacent to an activating group) is 1. The molecule has 0 unspecified atom stereocenters. The number of nitrogens with one attached hydrogen (secondary N) is 1. The van der Waals surface area contributed by atoms with E-state index in [4.69, 9.17) is 0 Å². The first kappa shape index (κ1) is 18.4. The van der Waals surface area contributed by atoms with Crippen LogP contribution in [0.2, 0.25) is 0 Å². The predicted octanol–water partition coefficient (Wildman–Crippen LogP) is 2.39. The number of aliphatic hydroxyl groups excluding tert-OH is 1. The summed E-state index contributed by atoms with van der Waals surface area (Å²) in [5.41, 5.74) is 1.72. The second-order valence-corrected chi connectivity index (χ2v) is 6.55. The number of β-amino-alcohol motifs (C(OH)–C–C–N with tert-alkyl or cyclic N) is 1. The highest BCUT2D eigenvalue weighted by atomic mass is 32.1. The molecule has 23 heavy (non-hydrogen) atoms. The number of hydrogen-bond donors (Lipinski definition) is 2. The largest absolute Gasteiger partial charge is 0.392 e. The van der Waals surface area contributed by atoms with E-state index in [1.165, 1.54) is 17.4 Å². The van der Waals surface area contributed by atoms with Crippen molar-refractivity contribution < 1.29 is 9.50 Å². The Hall–Kier alpha value is -0.990. The molecule has 1 saturated heterocycles. The highest BCUT2D eigenvalue weighted by molar-refractivity contribution is 7.59. The Kier molecular flexibility index (Phi) is 6.55. The number of thiazole rings is 1. The molecule has 1 aromatic heterocycles. The number of benzene rings is 1. The molecule has 0 saturated carbocycles. The fourth-order valence-corrected chi connectivity index (χ4v) is 3.53. The molecular weight excluding hydrogens is 333 g/mol. The predicted molar refractivity (Wildman–Crippen MR) is 96.8 cm³/mol. The maximum absolute atomic E-state index is 14.0. The van der Waals surface area contributed by atoms with Crippen molar-refractivity contribution in [2.45, 2.75) is 18.6 Å². The lowest BCUT2D eigenvalue weighted by Crippen LogP contribution is -2.33. The molecule has 0 aliphatic carbocycles. The molecular formula is C16H22FN3OS2. The smallest absolute Gasteiger partial charge is 0.124 e. The van der Waals surface area contributed by atoms with Gasteiger partial charge in [-0.1, -0.05) is 0 Å². The van der Waals surface area contributed by atoms with Crippen molar-refractivity contribution >= 4 is 24.8 Å². The number of rotatable bonds is 5. The second kappa shape index (κ2) is 8.21. The van der Waals surface area contributed by atoms with Crippen molar-refractivity contribution in [3.63, 3.8) is 0 Å². The molecule has 2 N–H and O–H groups in total. The average Bonchev–Trinajstić information content (AvgIpc) is 3.15. The van der Waals surface area contributed by atoms with Crippen molar-refractivity contribution in [1.29, 1.82) is 0 Å². The standard InChI is InChI=1S/C16H20FN3OS.H2S/c1-18-15(10-20-4-2-14(21)9-20)11-6-12(8-13(17)7-11)16-19-3-5-22-16;/h3,5-8,14-15,18,21H,2,4,9-10H2,1H3;1H2/t14-,15+;/m1./s1. The van der Waals surface area contributed by atoms with E-state index in [2.05, 4.69) is 15.2 Å². The summed E-state index contributed by atoms with van der Waals surface area (Å²) in [7, 11) is 1.88. The van der Waals surface area contributed by atoms with Gasteiger partial charge in [-0.2, -0.15) is 13.5 Å². The van der Waals surface area contributed by atoms with Gasteiger partial charge < -0.3 is 10.4 Å². The lowest BCUT2D eigenvalue weighted by Gasteiger charge is -2.24. The first-order valence-electron chi connectivity index (χ1n) is 7.43. The summed E-state index contributed by atoms with van der Waals surface area (Å²) in [6.45, 7) is 2.33. The summed E-state index contributed by atoms with van der Waals surface area (Å²) in [5, 5.41) is 15.6. The van der Waals surface area contributed by atoms with Crippen molar-refractivity contribution in [3.05, 3.63) is 41.2 Å². The highest BCUT2D eigenvalue weighted by Crippen LogP contribution is 2.27. The van der Waals surface area contributed by atoms with Gasteiger partial charge in [0.1, 0.15) is 10.8 Å². The Bertz CT molecular complexity index is 624. The van der Waals surface area contributed by atoms with Crippen LogP contribution in [0, 0.1) is 5.82 Å². The van der Waals surface area contributed by atoms with Crippen LogP contribution in [-0.4, -0.2) is 47.8 Å². The van der Waals surface area contributed by atoms with Gasteiger partial charge in [0.05, 0.1) is 6.10 Å². The third kappa shape index (κ3) is 4.51. The number of aliphatic hydroxyl groups is 1. The van der Waals surface area contributed by atoms with E-state index in [9.17, 15) is 9.50 Å². The molecule has 7 heteroatoms. The molecule has 2 heterocycles. The molecule has 1 aliphatic heterocycles. The molecule has 0 amide bonds. The van der Waals surface area contributed by atoms with Gasteiger partial charge in [-0.15, -0.1) is 11.3 Å². The van der Waals surface area contributed by atoms with Crippen molar-refractivity contribution in [2.24, 2.45) is 0 Å². The van der Waals surface area contributed by atoms with Crippen LogP contribution >= 0.6 is 24.8 Å². The Morgan fingerprint density at radius 3 is 2.91 bits per heavy atom. The SMILES string of the molecule is CN[C@@H](CN1CC[C@@H](O)C1)c1cc(F)cc(-c2nccs2)c1.S. The van der Waals surface area contributed by atoms with E-state index in [0.717, 1.165) is 35.6 Å². The van der Waals surface area contributed by atoms with Crippen molar-refractivity contribution in [2.75, 3.05) is 26.7 Å². The molecule has 0 radical (unpaired) electrons. The minimum absolute atomic E-state index is 0. The van der Waals surface area contributed by atoms with Gasteiger partial charge in [-0.25, -0.2) is 9.37 Å². The van der Waals surface area contributed by atoms with E-state index in [1.54, 1.807) is 12.3 Å². The average molecular weight is 356 g/mol. The van der Waals surface area contributed by atoms with E-state index >= 15 is 0 Å². The first-order chi connectivity index (χ1) is 10.7. The monoisotopic (exact) mass is 355 g/mol. The van der Waals surface area contributed by atoms with E-state index in [-0.39, 0.29) is 31.5 Å². The molecule has 1 aromatic carbocycles. The van der Waals surface area contributed by atoms with Crippen LogP contribution in [0.1, 0.15) is 18.0 Å². The van der Waals surface area contributed by atoms with Crippen molar-refractivity contribution in [1.82, 2.24) is 15.2 Å². The first-order valence-corrected chi connectivity index (χ1v) is 8.31. The topological polar surface area (TPSA) is 48.4 Å². The highest BCUT2D eigenvalue weighted by Gasteiger charge is 2.23. The number of halogens is 1. The molecule has 0 spiro atoms. The Morgan fingerprint density at radius 2 is 2.30 bits per heavy atom. The quantitative estimate of drug-likeness (QED) is 0.865.